The van der Waals surface area contributed by atoms with Gasteiger partial charge in [-0.3, -0.25) is 9.59 Å². The van der Waals surface area contributed by atoms with Gasteiger partial charge in [0.25, 0.3) is 0 Å². The summed E-state index contributed by atoms with van der Waals surface area (Å²) in [5, 5.41) is 7.73. The smallest absolute Gasteiger partial charge is 0.407 e. The van der Waals surface area contributed by atoms with E-state index in [0.29, 0.717) is 64.5 Å². The molecule has 4 amide bonds. The van der Waals surface area contributed by atoms with Gasteiger partial charge < -0.3 is 54.1 Å². The normalized spacial score (nSPS) is 23.0. The van der Waals surface area contributed by atoms with Gasteiger partial charge in [0.05, 0.1) is 49.2 Å². The molecule has 5 aliphatic rings. The van der Waals surface area contributed by atoms with Gasteiger partial charge >= 0.3 is 12.2 Å². The summed E-state index contributed by atoms with van der Waals surface area (Å²) in [6.45, 7) is 6.71. The number of rotatable bonds is 10. The maximum Gasteiger partial charge on any atom is 0.407 e. The molecule has 4 saturated heterocycles. The second-order valence-electron chi connectivity index (χ2n) is 18.7. The third-order valence-corrected chi connectivity index (χ3v) is 15.0. The van der Waals surface area contributed by atoms with Gasteiger partial charge in [-0.1, -0.05) is 25.1 Å². The number of nitrogens with zero attached hydrogens (tertiary/aromatic N) is 4. The van der Waals surface area contributed by atoms with Crippen LogP contribution >= 0.6 is 0 Å². The van der Waals surface area contributed by atoms with Crippen LogP contribution in [0.15, 0.2) is 48.7 Å². The maximum atomic E-state index is 14.6. The van der Waals surface area contributed by atoms with Crippen molar-refractivity contribution in [3.05, 3.63) is 65.9 Å². The van der Waals surface area contributed by atoms with E-state index < -0.39 is 24.3 Å². The Morgan fingerprint density at radius 1 is 0.761 bits per heavy atom. The van der Waals surface area contributed by atoms with E-state index in [9.17, 15) is 19.2 Å². The first-order valence-corrected chi connectivity index (χ1v) is 23.9. The molecule has 2 aromatic heterocycles. The van der Waals surface area contributed by atoms with Gasteiger partial charge in [-0.05, 0) is 123 Å². The van der Waals surface area contributed by atoms with E-state index in [4.69, 9.17) is 33.7 Å². The highest BCUT2D eigenvalue weighted by Gasteiger charge is 2.45. The van der Waals surface area contributed by atoms with Crippen molar-refractivity contribution in [2.75, 3.05) is 40.6 Å². The molecule has 354 valence electrons. The number of alkyl carbamates (subject to hydrolysis) is 2. The van der Waals surface area contributed by atoms with Gasteiger partial charge in [-0.2, -0.15) is 0 Å². The van der Waals surface area contributed by atoms with Gasteiger partial charge in [0, 0.05) is 49.5 Å². The Kier molecular flexibility index (Phi) is 12.5. The van der Waals surface area contributed by atoms with Crippen molar-refractivity contribution in [1.82, 2.24) is 40.4 Å². The highest BCUT2D eigenvalue weighted by molar-refractivity contribution is 6.07. The number of likely N-dealkylation sites (tertiary alicyclic amines) is 2. The SMILES string of the molecule is CC[C@H]1CC[C@@H](c2nc3ccc4cc5c(cc4c3[nH]2)OCc2cc(-c3cnc([C@@H]4CC[C@H](C)N4C(=O)C(NC(=O)OC)C4CCOCC4)[nH]3)ccc2-5)N1C(=O)[C@@H](NC(=O)OC)C1CCOCC1. The Balaban J connectivity index is 0.898. The fourth-order valence-electron chi connectivity index (χ4n) is 11.4. The number of benzene rings is 3. The first-order chi connectivity index (χ1) is 32.6. The minimum Gasteiger partial charge on any atom is -0.488 e. The second kappa shape index (κ2) is 18.8. The lowest BCUT2D eigenvalue weighted by Crippen LogP contribution is -2.54. The predicted octanol–water partition coefficient (Wildman–Crippen LogP) is 7.46. The summed E-state index contributed by atoms with van der Waals surface area (Å²) in [6.07, 6.45) is 7.25. The van der Waals surface area contributed by atoms with Gasteiger partial charge in [0.2, 0.25) is 11.8 Å². The molecule has 17 heteroatoms. The third-order valence-electron chi connectivity index (χ3n) is 15.0. The Bertz CT molecular complexity index is 2670. The van der Waals surface area contributed by atoms with Crippen LogP contribution < -0.4 is 15.4 Å². The van der Waals surface area contributed by atoms with Crippen molar-refractivity contribution in [3.63, 3.8) is 0 Å². The van der Waals surface area contributed by atoms with Gasteiger partial charge in [-0.15, -0.1) is 0 Å². The van der Waals surface area contributed by atoms with Crippen LogP contribution in [-0.2, 0) is 35.1 Å². The first-order valence-electron chi connectivity index (χ1n) is 23.9. The van der Waals surface area contributed by atoms with Crippen molar-refractivity contribution in [2.45, 2.75) is 114 Å². The fourth-order valence-corrected chi connectivity index (χ4v) is 11.4. The topological polar surface area (TPSA) is 202 Å². The number of hydrogen-bond donors (Lipinski definition) is 4. The highest BCUT2D eigenvalue weighted by Crippen LogP contribution is 2.45. The number of aromatic nitrogens is 4. The van der Waals surface area contributed by atoms with Gasteiger partial charge in [0.15, 0.2) is 0 Å². The molecule has 6 atom stereocenters. The van der Waals surface area contributed by atoms with Gasteiger partial charge in [-0.25, -0.2) is 19.6 Å². The molecule has 0 radical (unpaired) electrons. The molecule has 4 fully saturated rings. The number of fused-ring (bicyclic) bond motifs is 6. The van der Waals surface area contributed by atoms with Crippen LogP contribution in [0.1, 0.15) is 101 Å². The molecule has 5 aliphatic heterocycles. The summed E-state index contributed by atoms with van der Waals surface area (Å²) in [5.74, 6) is 1.87. The standard InChI is InChI=1S/C50H60N8O9/c1-5-33-9-13-40(58(33)48(60)43(56-50(62)64-4)29-16-20-66-21-17-29)46-52-37-11-8-30-23-36-34-10-7-31(22-32(34)26-67-41(36)24-35(30)44(37)54-46)38-25-51-45(53-38)39-12-6-27(2)57(39)47(59)42(55-49(61)63-3)28-14-18-65-19-15-28/h7-8,10-11,22-25,27-29,33,39-40,42-43H,5-6,9,12-21,26H2,1-4H3,(H,51,53)(H,52,54)(H,55,61)(H,56,62)/t27-,33-,39-,40-,42?,43-/m0/s1. The minimum atomic E-state index is -0.723. The average Bonchev–Trinajstić information content (AvgIpc) is 4.20. The van der Waals surface area contributed by atoms with Gasteiger partial charge in [0.1, 0.15) is 36.1 Å². The number of amides is 4. The van der Waals surface area contributed by atoms with Crippen LogP contribution in [0.4, 0.5) is 9.59 Å². The Hall–Kier alpha value is -6.20. The Morgan fingerprint density at radius 2 is 1.42 bits per heavy atom. The van der Waals surface area contributed by atoms with Crippen molar-refractivity contribution < 1.29 is 42.9 Å². The van der Waals surface area contributed by atoms with Crippen molar-refractivity contribution >= 4 is 45.8 Å². The lowest BCUT2D eigenvalue weighted by Gasteiger charge is -2.36. The molecule has 5 aromatic rings. The summed E-state index contributed by atoms with van der Waals surface area (Å²) < 4.78 is 27.5. The number of nitrogens with one attached hydrogen (secondary N) is 4. The molecule has 1 unspecified atom stereocenters. The predicted molar refractivity (Wildman–Crippen MR) is 248 cm³/mol. The largest absolute Gasteiger partial charge is 0.488 e. The number of imidazole rings is 2. The number of H-pyrrole nitrogens is 2. The lowest BCUT2D eigenvalue weighted by molar-refractivity contribution is -0.139. The fraction of sp³-hybridized carbons (Fsp3) is 0.520. The molecule has 10 rings (SSSR count). The molecule has 67 heavy (non-hydrogen) atoms. The van der Waals surface area contributed by atoms with Crippen molar-refractivity contribution in [1.29, 1.82) is 0 Å². The van der Waals surface area contributed by atoms with E-state index in [1.807, 2.05) is 29.0 Å². The molecule has 4 N–H and O–H groups in total. The lowest BCUT2D eigenvalue weighted by atomic mass is 9.90. The second-order valence-corrected chi connectivity index (χ2v) is 18.7. The molecular weight excluding hydrogens is 857 g/mol. The zero-order chi connectivity index (χ0) is 46.3. The van der Waals surface area contributed by atoms with Crippen LogP contribution in [0.3, 0.4) is 0 Å². The molecule has 0 saturated carbocycles. The zero-order valence-electron chi connectivity index (χ0n) is 38.6. The van der Waals surface area contributed by atoms with Crippen molar-refractivity contribution in [3.8, 4) is 28.1 Å². The maximum absolute atomic E-state index is 14.6. The van der Waals surface area contributed by atoms with E-state index in [1.54, 1.807) is 0 Å². The number of carbonyl (C=O) groups excluding carboxylic acids is 4. The van der Waals surface area contributed by atoms with E-state index in [0.717, 1.165) is 93.4 Å². The van der Waals surface area contributed by atoms with Crippen LogP contribution in [0.5, 0.6) is 5.75 Å². The van der Waals surface area contributed by atoms with Crippen LogP contribution in [0, 0.1) is 11.8 Å². The van der Waals surface area contributed by atoms with Crippen LogP contribution in [0.25, 0.3) is 44.2 Å². The zero-order valence-corrected chi connectivity index (χ0v) is 38.6. The Morgan fingerprint density at radius 3 is 2.09 bits per heavy atom. The number of ether oxygens (including phenoxy) is 5. The molecular formula is C50H60N8O9. The molecule has 3 aromatic carbocycles. The monoisotopic (exact) mass is 916 g/mol. The quantitative estimate of drug-likeness (QED) is 0.108. The van der Waals surface area contributed by atoms with E-state index in [1.165, 1.54) is 14.2 Å². The first kappa shape index (κ1) is 44.6. The summed E-state index contributed by atoms with van der Waals surface area (Å²) in [6, 6.07) is 12.7. The molecule has 0 bridgehead atoms. The molecule has 0 spiro atoms. The van der Waals surface area contributed by atoms with Crippen LogP contribution in [-0.4, -0.2) is 119 Å². The summed E-state index contributed by atoms with van der Waals surface area (Å²) in [7, 11) is 2.63. The summed E-state index contributed by atoms with van der Waals surface area (Å²) in [5.41, 5.74) is 6.61. The van der Waals surface area contributed by atoms with E-state index in [2.05, 4.69) is 63.9 Å². The number of aromatic amines is 2. The average molecular weight is 917 g/mol. The Labute approximate surface area is 389 Å². The highest BCUT2D eigenvalue weighted by atomic mass is 16.5. The summed E-state index contributed by atoms with van der Waals surface area (Å²) in [4.78, 5) is 74.8. The van der Waals surface area contributed by atoms with Crippen LogP contribution in [0.2, 0.25) is 0 Å². The van der Waals surface area contributed by atoms with Crippen molar-refractivity contribution in [2.24, 2.45) is 11.8 Å². The van der Waals surface area contributed by atoms with E-state index in [-0.39, 0.29) is 47.8 Å². The third kappa shape index (κ3) is 8.45. The summed E-state index contributed by atoms with van der Waals surface area (Å²) >= 11 is 0. The number of hydrogen-bond acceptors (Lipinski definition) is 11. The van der Waals surface area contributed by atoms with E-state index >= 15 is 0 Å². The number of methoxy groups -OCH3 is 2. The number of carbonyl (C=O) groups is 4. The molecule has 7 heterocycles. The minimum absolute atomic E-state index is 0.0104. The molecule has 0 aliphatic carbocycles. The molecule has 17 nitrogen and oxygen atoms in total.